The maximum absolute atomic E-state index is 14.4. The molecule has 6 heteroatoms. The highest BCUT2D eigenvalue weighted by Crippen LogP contribution is 2.47. The van der Waals surface area contributed by atoms with Gasteiger partial charge in [-0.1, -0.05) is 116 Å². The lowest BCUT2D eigenvalue weighted by atomic mass is 9.98. The van der Waals surface area contributed by atoms with E-state index in [2.05, 4.69) is 59.6 Å². The van der Waals surface area contributed by atoms with Gasteiger partial charge in [0.1, 0.15) is 0 Å². The molecule has 4 nitrogen and oxygen atoms in total. The van der Waals surface area contributed by atoms with E-state index in [1.165, 1.54) is 0 Å². The van der Waals surface area contributed by atoms with Crippen molar-refractivity contribution in [3.8, 4) is 0 Å². The molecule has 208 valence electrons. The van der Waals surface area contributed by atoms with Crippen LogP contribution < -0.4 is 0 Å². The number of carbonyl (C=O) groups excluding carboxylic acids is 2. The second-order valence-electron chi connectivity index (χ2n) is 11.0. The van der Waals surface area contributed by atoms with Crippen LogP contribution in [0.1, 0.15) is 83.8 Å². The van der Waals surface area contributed by atoms with Gasteiger partial charge in [-0.3, -0.25) is 9.59 Å². The molecule has 2 unspecified atom stereocenters. The number of carbonyl (C=O) groups is 2. The van der Waals surface area contributed by atoms with E-state index >= 15 is 0 Å². The van der Waals surface area contributed by atoms with Gasteiger partial charge in [-0.15, -0.1) is 0 Å². The van der Waals surface area contributed by atoms with E-state index in [-0.39, 0.29) is 11.8 Å². The summed E-state index contributed by atoms with van der Waals surface area (Å²) in [5.74, 6) is 0.616. The van der Waals surface area contributed by atoms with Crippen LogP contribution in [0.2, 0.25) is 0 Å². The fraction of sp³-hybridized carbons (Fsp3) is 0.455. The summed E-state index contributed by atoms with van der Waals surface area (Å²) < 4.78 is 1.94. The van der Waals surface area contributed by atoms with Gasteiger partial charge < -0.3 is 9.80 Å². The average molecular weight is 657 g/mol. The van der Waals surface area contributed by atoms with E-state index in [1.54, 1.807) is 0 Å². The van der Waals surface area contributed by atoms with E-state index in [1.807, 2.05) is 58.3 Å². The Hall–Kier alpha value is -2.18. The molecule has 0 aliphatic carbocycles. The van der Waals surface area contributed by atoms with Crippen LogP contribution in [0, 0.1) is 11.8 Å². The first-order valence-electron chi connectivity index (χ1n) is 14.4. The number of hydrogen-bond donors (Lipinski definition) is 0. The molecule has 0 saturated carbocycles. The number of nitrogens with zero attached hydrogens (tertiary/aromatic N) is 2. The lowest BCUT2D eigenvalue weighted by molar-refractivity contribution is -0.124. The molecule has 0 saturated heterocycles. The van der Waals surface area contributed by atoms with Gasteiger partial charge in [0, 0.05) is 22.0 Å². The molecule has 0 fully saturated rings. The number of unbranched alkanes of at least 4 members (excludes halogenated alkanes) is 2. The van der Waals surface area contributed by atoms with Crippen LogP contribution in [0.3, 0.4) is 0 Å². The normalized spacial score (nSPS) is 17.0. The molecule has 0 radical (unpaired) electrons. The lowest BCUT2D eigenvalue weighted by Gasteiger charge is -2.29. The van der Waals surface area contributed by atoms with E-state index in [9.17, 15) is 9.59 Å². The van der Waals surface area contributed by atoms with Crippen LogP contribution in [0.4, 0.5) is 0 Å². The Morgan fingerprint density at radius 2 is 1.10 bits per heavy atom. The highest BCUT2D eigenvalue weighted by molar-refractivity contribution is 9.10. The van der Waals surface area contributed by atoms with Crippen molar-refractivity contribution in [1.29, 1.82) is 0 Å². The number of amides is 2. The van der Waals surface area contributed by atoms with Crippen molar-refractivity contribution in [2.24, 2.45) is 11.8 Å². The van der Waals surface area contributed by atoms with Crippen molar-refractivity contribution >= 4 is 55.1 Å². The Morgan fingerprint density at radius 1 is 0.667 bits per heavy atom. The predicted molar refractivity (Wildman–Crippen MR) is 168 cm³/mol. The van der Waals surface area contributed by atoms with Crippen molar-refractivity contribution in [2.45, 2.75) is 72.6 Å². The first-order chi connectivity index (χ1) is 18.8. The average Bonchev–Trinajstić information content (AvgIpc) is 3.37. The minimum absolute atomic E-state index is 0.0483. The highest BCUT2D eigenvalue weighted by Gasteiger charge is 2.49. The van der Waals surface area contributed by atoms with E-state index in [4.69, 9.17) is 0 Å². The molecule has 0 spiro atoms. The molecule has 2 heterocycles. The van der Waals surface area contributed by atoms with Crippen LogP contribution in [-0.2, 0) is 9.59 Å². The number of halogens is 2. The molecule has 4 rings (SSSR count). The summed E-state index contributed by atoms with van der Waals surface area (Å²) in [4.78, 5) is 32.5. The molecule has 0 aromatic heterocycles. The molecule has 0 N–H and O–H groups in total. The SMILES string of the molecule is CCCCC(C)CN1C(=O)C2=C(c3ccc(Br)cc3)N(CC(CC)CCCC)C(=O)C2=C1c1ccc(Br)cc1. The zero-order valence-corrected chi connectivity index (χ0v) is 26.8. The zero-order valence-electron chi connectivity index (χ0n) is 23.6. The first-order valence-corrected chi connectivity index (χ1v) is 16.0. The van der Waals surface area contributed by atoms with Crippen molar-refractivity contribution in [3.05, 3.63) is 79.7 Å². The van der Waals surface area contributed by atoms with Crippen molar-refractivity contribution in [2.75, 3.05) is 13.1 Å². The van der Waals surface area contributed by atoms with Crippen LogP contribution in [0.25, 0.3) is 11.4 Å². The molecule has 0 bridgehead atoms. The molecular weight excluding hydrogens is 616 g/mol. The Bertz CT molecular complexity index is 1250. The fourth-order valence-corrected chi connectivity index (χ4v) is 6.22. The maximum Gasteiger partial charge on any atom is 0.261 e. The molecule has 2 aliphatic rings. The second kappa shape index (κ2) is 13.5. The molecule has 39 heavy (non-hydrogen) atoms. The minimum Gasteiger partial charge on any atom is -0.307 e. The summed E-state index contributed by atoms with van der Waals surface area (Å²) in [5.41, 5.74) is 4.46. The van der Waals surface area contributed by atoms with Gasteiger partial charge >= 0.3 is 0 Å². The monoisotopic (exact) mass is 654 g/mol. The summed E-state index contributed by atoms with van der Waals surface area (Å²) in [6.45, 7) is 10.0. The van der Waals surface area contributed by atoms with Crippen LogP contribution >= 0.6 is 31.9 Å². The quantitative estimate of drug-likeness (QED) is 0.216. The van der Waals surface area contributed by atoms with Gasteiger partial charge in [-0.05, 0) is 60.1 Å². The summed E-state index contributed by atoms with van der Waals surface area (Å²) in [6, 6.07) is 16.0. The molecule has 2 aliphatic heterocycles. The second-order valence-corrected chi connectivity index (χ2v) is 12.8. The van der Waals surface area contributed by atoms with Crippen LogP contribution in [0.15, 0.2) is 68.6 Å². The molecule has 2 amide bonds. The fourth-order valence-electron chi connectivity index (χ4n) is 5.69. The molecular formula is C33H40Br2N2O2. The Morgan fingerprint density at radius 3 is 1.54 bits per heavy atom. The van der Waals surface area contributed by atoms with Crippen LogP contribution in [-0.4, -0.2) is 34.7 Å². The summed E-state index contributed by atoms with van der Waals surface area (Å²) in [5, 5.41) is 0. The van der Waals surface area contributed by atoms with E-state index in [0.717, 1.165) is 76.4 Å². The van der Waals surface area contributed by atoms with Crippen molar-refractivity contribution in [3.63, 3.8) is 0 Å². The highest BCUT2D eigenvalue weighted by atomic mass is 79.9. The van der Waals surface area contributed by atoms with E-state index < -0.39 is 0 Å². The zero-order chi connectivity index (χ0) is 28.1. The Kier molecular flexibility index (Phi) is 10.3. The largest absolute Gasteiger partial charge is 0.307 e. The van der Waals surface area contributed by atoms with Gasteiger partial charge in [0.25, 0.3) is 11.8 Å². The number of rotatable bonds is 13. The number of benzene rings is 2. The van der Waals surface area contributed by atoms with Crippen LogP contribution in [0.5, 0.6) is 0 Å². The summed E-state index contributed by atoms with van der Waals surface area (Å²) >= 11 is 7.09. The third-order valence-corrected chi connectivity index (χ3v) is 9.00. The topological polar surface area (TPSA) is 40.6 Å². The summed E-state index contributed by atoms with van der Waals surface area (Å²) in [6.07, 6.45) is 7.66. The number of fused-ring (bicyclic) bond motifs is 1. The first kappa shape index (κ1) is 29.8. The summed E-state index contributed by atoms with van der Waals surface area (Å²) in [7, 11) is 0. The minimum atomic E-state index is -0.0540. The molecule has 2 aromatic carbocycles. The molecule has 2 atom stereocenters. The van der Waals surface area contributed by atoms with Gasteiger partial charge in [-0.2, -0.15) is 0 Å². The third kappa shape index (κ3) is 6.43. The Labute approximate surface area is 250 Å². The molecule has 2 aromatic rings. The standard InChI is InChI=1S/C33H40Br2N2O2/c1-5-8-10-22(4)20-36-30(24-12-16-26(34)17-13-24)28-29(32(36)38)31(25-14-18-27(35)19-15-25)37(33(28)39)21-23(7-3)11-9-6-2/h12-19,22-23H,5-11,20-21H2,1-4H3. The van der Waals surface area contributed by atoms with E-state index in [0.29, 0.717) is 36.1 Å². The van der Waals surface area contributed by atoms with Gasteiger partial charge in [0.05, 0.1) is 22.5 Å². The maximum atomic E-state index is 14.4. The van der Waals surface area contributed by atoms with Crippen molar-refractivity contribution in [1.82, 2.24) is 9.80 Å². The van der Waals surface area contributed by atoms with Gasteiger partial charge in [0.2, 0.25) is 0 Å². The van der Waals surface area contributed by atoms with Gasteiger partial charge in [-0.25, -0.2) is 0 Å². The predicted octanol–water partition coefficient (Wildman–Crippen LogP) is 9.06. The van der Waals surface area contributed by atoms with Gasteiger partial charge in [0.15, 0.2) is 0 Å². The van der Waals surface area contributed by atoms with Crippen molar-refractivity contribution < 1.29 is 9.59 Å². The smallest absolute Gasteiger partial charge is 0.261 e. The lowest BCUT2D eigenvalue weighted by Crippen LogP contribution is -2.34. The number of hydrogen-bond acceptors (Lipinski definition) is 2. The third-order valence-electron chi connectivity index (χ3n) is 7.95. The Balaban J connectivity index is 1.88.